The summed E-state index contributed by atoms with van der Waals surface area (Å²) in [6.07, 6.45) is 1.73. The minimum atomic E-state index is -1.61. The standard InChI is InChI=1S/C14H14N2O7/c1-3-7(17)15-5-6-9(14(22)23)10(16-8(18)4-2)12(20)13(21)11(6)19/h3-4,19-21H,1-2,5H2,(H,15,17)(H,16,18)(H,22,23). The lowest BCUT2D eigenvalue weighted by Gasteiger charge is -2.17. The van der Waals surface area contributed by atoms with Gasteiger partial charge in [-0.1, -0.05) is 13.2 Å². The maximum absolute atomic E-state index is 11.4. The van der Waals surface area contributed by atoms with E-state index in [0.717, 1.165) is 12.2 Å². The predicted molar refractivity (Wildman–Crippen MR) is 79.3 cm³/mol. The Morgan fingerprint density at radius 2 is 1.52 bits per heavy atom. The smallest absolute Gasteiger partial charge is 0.338 e. The summed E-state index contributed by atoms with van der Waals surface area (Å²) in [4.78, 5) is 34.0. The molecule has 9 heteroatoms. The van der Waals surface area contributed by atoms with Crippen molar-refractivity contribution >= 4 is 23.5 Å². The quantitative estimate of drug-likeness (QED) is 0.252. The zero-order chi connectivity index (χ0) is 17.7. The molecular weight excluding hydrogens is 308 g/mol. The van der Waals surface area contributed by atoms with Crippen LogP contribution in [0.4, 0.5) is 5.69 Å². The van der Waals surface area contributed by atoms with Crippen LogP contribution in [0.5, 0.6) is 17.2 Å². The number of carboxylic acids is 1. The summed E-state index contributed by atoms with van der Waals surface area (Å²) >= 11 is 0. The number of anilines is 1. The molecule has 0 saturated heterocycles. The highest BCUT2D eigenvalue weighted by molar-refractivity contribution is 6.08. The van der Waals surface area contributed by atoms with Crippen LogP contribution in [0.1, 0.15) is 15.9 Å². The van der Waals surface area contributed by atoms with Crippen molar-refractivity contribution in [2.45, 2.75) is 6.54 Å². The Kier molecular flexibility index (Phi) is 5.33. The van der Waals surface area contributed by atoms with Gasteiger partial charge in [-0.15, -0.1) is 0 Å². The number of hydrogen-bond donors (Lipinski definition) is 6. The van der Waals surface area contributed by atoms with E-state index in [1.165, 1.54) is 0 Å². The predicted octanol–water partition coefficient (Wildman–Crippen LogP) is 0.428. The maximum atomic E-state index is 11.4. The van der Waals surface area contributed by atoms with Crippen LogP contribution in [0.25, 0.3) is 0 Å². The zero-order valence-corrected chi connectivity index (χ0v) is 11.8. The summed E-state index contributed by atoms with van der Waals surface area (Å²) in [6.45, 7) is 5.88. The molecule has 1 aromatic carbocycles. The lowest BCUT2D eigenvalue weighted by Crippen LogP contribution is -2.23. The summed E-state index contributed by atoms with van der Waals surface area (Å²) in [5.74, 6) is -6.15. The van der Waals surface area contributed by atoms with Crippen LogP contribution < -0.4 is 10.6 Å². The molecule has 0 radical (unpaired) electrons. The number of nitrogens with one attached hydrogen (secondary N) is 2. The normalized spacial score (nSPS) is 9.74. The largest absolute Gasteiger partial charge is 0.504 e. The minimum absolute atomic E-state index is 0.414. The second-order valence-electron chi connectivity index (χ2n) is 4.19. The Morgan fingerprint density at radius 3 is 2.00 bits per heavy atom. The van der Waals surface area contributed by atoms with E-state index >= 15 is 0 Å². The molecule has 0 aliphatic heterocycles. The summed E-state index contributed by atoms with van der Waals surface area (Å²) < 4.78 is 0. The van der Waals surface area contributed by atoms with E-state index in [1.807, 2.05) is 5.32 Å². The number of carbonyl (C=O) groups excluding carboxylic acids is 2. The van der Waals surface area contributed by atoms with Gasteiger partial charge in [0.25, 0.3) is 0 Å². The number of hydrogen-bond acceptors (Lipinski definition) is 6. The fourth-order valence-corrected chi connectivity index (χ4v) is 1.71. The highest BCUT2D eigenvalue weighted by Gasteiger charge is 2.28. The number of aromatic hydroxyl groups is 3. The lowest BCUT2D eigenvalue weighted by molar-refractivity contribution is -0.116. The number of aromatic carboxylic acids is 1. The van der Waals surface area contributed by atoms with Gasteiger partial charge in [-0.3, -0.25) is 9.59 Å². The fraction of sp³-hybridized carbons (Fsp3) is 0.0714. The summed E-state index contributed by atoms with van der Waals surface area (Å²) in [5.41, 5.74) is -1.75. The molecule has 1 aromatic rings. The van der Waals surface area contributed by atoms with E-state index < -0.39 is 58.4 Å². The van der Waals surface area contributed by atoms with Gasteiger partial charge in [0.15, 0.2) is 11.5 Å². The van der Waals surface area contributed by atoms with Crippen LogP contribution >= 0.6 is 0 Å². The molecule has 0 aromatic heterocycles. The van der Waals surface area contributed by atoms with Crippen LogP contribution in [0.15, 0.2) is 25.3 Å². The van der Waals surface area contributed by atoms with Crippen LogP contribution in [0.3, 0.4) is 0 Å². The van der Waals surface area contributed by atoms with Gasteiger partial charge in [0.05, 0.1) is 5.56 Å². The Bertz CT molecular complexity index is 710. The van der Waals surface area contributed by atoms with Crippen molar-refractivity contribution in [3.8, 4) is 17.2 Å². The molecule has 1 rings (SSSR count). The van der Waals surface area contributed by atoms with Gasteiger partial charge in [-0.05, 0) is 12.2 Å². The van der Waals surface area contributed by atoms with E-state index in [9.17, 15) is 34.8 Å². The summed E-state index contributed by atoms with van der Waals surface area (Å²) in [5, 5.41) is 42.8. The topological polar surface area (TPSA) is 156 Å². The van der Waals surface area contributed by atoms with Gasteiger partial charge in [-0.25, -0.2) is 4.79 Å². The number of phenols is 3. The van der Waals surface area contributed by atoms with Crippen LogP contribution in [0.2, 0.25) is 0 Å². The van der Waals surface area contributed by atoms with Gasteiger partial charge in [0, 0.05) is 12.1 Å². The molecular formula is C14H14N2O7. The number of carbonyl (C=O) groups is 3. The van der Waals surface area contributed by atoms with Crippen LogP contribution in [-0.4, -0.2) is 38.2 Å². The summed E-state index contributed by atoms with van der Waals surface area (Å²) in [6, 6.07) is 0. The first-order valence-electron chi connectivity index (χ1n) is 6.11. The van der Waals surface area contributed by atoms with Gasteiger partial charge in [0.1, 0.15) is 5.69 Å². The van der Waals surface area contributed by atoms with Gasteiger partial charge in [-0.2, -0.15) is 0 Å². The molecule has 23 heavy (non-hydrogen) atoms. The average molecular weight is 322 g/mol. The van der Waals surface area contributed by atoms with Gasteiger partial charge >= 0.3 is 5.97 Å². The number of carboxylic acid groups (broad SMARTS) is 1. The van der Waals surface area contributed by atoms with E-state index in [2.05, 4.69) is 18.5 Å². The van der Waals surface area contributed by atoms with Crippen molar-refractivity contribution in [1.29, 1.82) is 0 Å². The molecule has 0 aliphatic rings. The first kappa shape index (κ1) is 17.6. The molecule has 9 nitrogen and oxygen atoms in total. The van der Waals surface area contributed by atoms with Crippen molar-refractivity contribution in [3.63, 3.8) is 0 Å². The van der Waals surface area contributed by atoms with Crippen molar-refractivity contribution in [1.82, 2.24) is 5.32 Å². The molecule has 0 unspecified atom stereocenters. The van der Waals surface area contributed by atoms with E-state index in [0.29, 0.717) is 0 Å². The highest BCUT2D eigenvalue weighted by atomic mass is 16.4. The van der Waals surface area contributed by atoms with Gasteiger partial charge < -0.3 is 31.1 Å². The molecule has 6 N–H and O–H groups in total. The fourth-order valence-electron chi connectivity index (χ4n) is 1.71. The highest BCUT2D eigenvalue weighted by Crippen LogP contribution is 2.46. The summed E-state index contributed by atoms with van der Waals surface area (Å²) in [7, 11) is 0. The monoisotopic (exact) mass is 322 g/mol. The van der Waals surface area contributed by atoms with Crippen molar-refractivity contribution in [2.75, 3.05) is 5.32 Å². The molecule has 0 spiro atoms. The molecule has 0 atom stereocenters. The first-order valence-corrected chi connectivity index (χ1v) is 6.11. The maximum Gasteiger partial charge on any atom is 0.338 e. The van der Waals surface area contributed by atoms with E-state index in [-0.39, 0.29) is 0 Å². The number of benzene rings is 1. The van der Waals surface area contributed by atoms with Crippen molar-refractivity contribution in [2.24, 2.45) is 0 Å². The van der Waals surface area contributed by atoms with E-state index in [4.69, 9.17) is 0 Å². The zero-order valence-electron chi connectivity index (χ0n) is 11.8. The van der Waals surface area contributed by atoms with Crippen molar-refractivity contribution in [3.05, 3.63) is 36.4 Å². The Balaban J connectivity index is 3.56. The second kappa shape index (κ2) is 6.98. The Labute approximate surface area is 130 Å². The molecule has 0 aliphatic carbocycles. The third-order valence-electron chi connectivity index (χ3n) is 2.80. The molecule has 122 valence electrons. The number of amides is 2. The number of rotatable bonds is 6. The Hall–Kier alpha value is -3.49. The van der Waals surface area contributed by atoms with Crippen LogP contribution in [-0.2, 0) is 16.1 Å². The first-order chi connectivity index (χ1) is 10.7. The molecule has 0 bridgehead atoms. The average Bonchev–Trinajstić information content (AvgIpc) is 2.52. The van der Waals surface area contributed by atoms with Crippen molar-refractivity contribution < 1.29 is 34.8 Å². The Morgan fingerprint density at radius 1 is 0.957 bits per heavy atom. The number of phenolic OH excluding ortho intramolecular Hbond substituents is 3. The SMILES string of the molecule is C=CC(=O)NCc1c(O)c(O)c(O)c(NC(=O)C=C)c1C(=O)O. The third kappa shape index (κ3) is 3.59. The second-order valence-corrected chi connectivity index (χ2v) is 4.19. The van der Waals surface area contributed by atoms with Crippen LogP contribution in [0, 0.1) is 0 Å². The minimum Gasteiger partial charge on any atom is -0.504 e. The van der Waals surface area contributed by atoms with Gasteiger partial charge in [0.2, 0.25) is 17.6 Å². The van der Waals surface area contributed by atoms with E-state index in [1.54, 1.807) is 0 Å². The third-order valence-corrected chi connectivity index (χ3v) is 2.80. The molecule has 2 amide bonds. The molecule has 0 fully saturated rings. The molecule has 0 heterocycles. The molecule has 0 saturated carbocycles. The lowest BCUT2D eigenvalue weighted by atomic mass is 10.0.